The second-order valence-electron chi connectivity index (χ2n) is 2.48. The Balaban J connectivity index is 0. The summed E-state index contributed by atoms with van der Waals surface area (Å²) in [5.74, 6) is 0. The van der Waals surface area contributed by atoms with Crippen molar-refractivity contribution in [3.63, 3.8) is 0 Å². The molecule has 13 heavy (non-hydrogen) atoms. The van der Waals surface area contributed by atoms with Crippen LogP contribution in [0, 0.1) is 0 Å². The second-order valence-corrected chi connectivity index (χ2v) is 2.48. The molecule has 6 nitrogen and oxygen atoms in total. The van der Waals surface area contributed by atoms with Gasteiger partial charge in [0.25, 0.3) is 0 Å². The smallest absolute Gasteiger partial charge is 0.111 e. The van der Waals surface area contributed by atoms with Crippen molar-refractivity contribution in [2.75, 3.05) is 13.2 Å². The molecule has 4 atom stereocenters. The summed E-state index contributed by atoms with van der Waals surface area (Å²) in [7, 11) is 0. The average molecular weight is 379 g/mol. The van der Waals surface area contributed by atoms with Crippen molar-refractivity contribution in [3.8, 4) is 0 Å². The molecule has 0 unspecified atom stereocenters. The van der Waals surface area contributed by atoms with E-state index in [9.17, 15) is 0 Å². The second kappa shape index (κ2) is 7.86. The van der Waals surface area contributed by atoms with Crippen LogP contribution in [0.2, 0.25) is 0 Å². The van der Waals surface area contributed by atoms with E-state index >= 15 is 0 Å². The molecule has 0 aromatic rings. The first-order valence-corrected chi connectivity index (χ1v) is 3.48. The summed E-state index contributed by atoms with van der Waals surface area (Å²) >= 11 is 0. The molecule has 0 saturated carbocycles. The van der Waals surface area contributed by atoms with Gasteiger partial charge in [0.1, 0.15) is 24.4 Å². The van der Waals surface area contributed by atoms with Crippen LogP contribution < -0.4 is 0 Å². The van der Waals surface area contributed by atoms with Crippen LogP contribution in [0.4, 0.5) is 0 Å². The van der Waals surface area contributed by atoms with E-state index in [0.717, 1.165) is 0 Å². The van der Waals surface area contributed by atoms with Gasteiger partial charge < -0.3 is 30.6 Å². The van der Waals surface area contributed by atoms with Gasteiger partial charge >= 0.3 is 0 Å². The standard InChI is InChI=1S/C6H14O6.Au/c7-1-3(9)5(11)6(12)4(10)2-8;/h3-12H,1-2H2;/t3-,4+,5-,6-;/m1./s1. The van der Waals surface area contributed by atoms with E-state index in [-0.39, 0.29) is 22.4 Å². The van der Waals surface area contributed by atoms with E-state index in [0.29, 0.717) is 0 Å². The van der Waals surface area contributed by atoms with Gasteiger partial charge in [0.2, 0.25) is 0 Å². The molecule has 7 heteroatoms. The molecule has 0 aliphatic carbocycles. The summed E-state index contributed by atoms with van der Waals surface area (Å²) < 4.78 is 0. The summed E-state index contributed by atoms with van der Waals surface area (Å²) in [4.78, 5) is 0. The van der Waals surface area contributed by atoms with E-state index in [1.807, 2.05) is 0 Å². The molecule has 6 N–H and O–H groups in total. The Bertz CT molecular complexity index is 110. The van der Waals surface area contributed by atoms with Crippen LogP contribution >= 0.6 is 0 Å². The first-order valence-electron chi connectivity index (χ1n) is 3.48. The minimum atomic E-state index is -1.67. The Morgan fingerprint density at radius 3 is 1.08 bits per heavy atom. The van der Waals surface area contributed by atoms with Gasteiger partial charge in [0.05, 0.1) is 13.2 Å². The van der Waals surface area contributed by atoms with E-state index in [2.05, 4.69) is 0 Å². The van der Waals surface area contributed by atoms with Gasteiger partial charge in [-0.05, 0) is 0 Å². The molecule has 0 rings (SSSR count). The van der Waals surface area contributed by atoms with Gasteiger partial charge in [0, 0.05) is 22.4 Å². The summed E-state index contributed by atoms with van der Waals surface area (Å²) in [6.45, 7) is -1.45. The molecule has 1 radical (unpaired) electrons. The first kappa shape index (κ1) is 16.0. The Morgan fingerprint density at radius 1 is 0.692 bits per heavy atom. The molecule has 85 valence electrons. The van der Waals surface area contributed by atoms with E-state index in [4.69, 9.17) is 30.6 Å². The quantitative estimate of drug-likeness (QED) is 0.275. The Kier molecular flexibility index (Phi) is 9.65. The van der Waals surface area contributed by atoms with Crippen molar-refractivity contribution < 1.29 is 53.0 Å². The maximum Gasteiger partial charge on any atom is 0.111 e. The molecule has 0 fully saturated rings. The SMILES string of the molecule is OC[C@@H](O)[C@@H](O)[C@H](O)[C@@H](O)CO.[Au]. The van der Waals surface area contributed by atoms with Crippen molar-refractivity contribution in [2.24, 2.45) is 0 Å². The molecule has 0 amide bonds. The van der Waals surface area contributed by atoms with E-state index in [1.165, 1.54) is 0 Å². The van der Waals surface area contributed by atoms with Gasteiger partial charge in [-0.15, -0.1) is 0 Å². The van der Waals surface area contributed by atoms with E-state index in [1.54, 1.807) is 0 Å². The number of hydrogen-bond donors (Lipinski definition) is 6. The van der Waals surface area contributed by atoms with Gasteiger partial charge in [-0.1, -0.05) is 0 Å². The summed E-state index contributed by atoms with van der Waals surface area (Å²) in [6.07, 6.45) is -6.39. The van der Waals surface area contributed by atoms with Crippen molar-refractivity contribution in [3.05, 3.63) is 0 Å². The van der Waals surface area contributed by atoms with Crippen LogP contribution in [-0.2, 0) is 22.4 Å². The molecule has 0 aliphatic heterocycles. The molecule has 0 spiro atoms. The number of aliphatic hydroxyl groups is 6. The predicted octanol–water partition coefficient (Wildman–Crippen LogP) is -3.59. The fourth-order valence-electron chi connectivity index (χ4n) is 0.671. The molecule has 0 aromatic heterocycles. The number of rotatable bonds is 5. The van der Waals surface area contributed by atoms with Crippen LogP contribution in [-0.4, -0.2) is 68.3 Å². The molecule has 0 saturated heterocycles. The summed E-state index contributed by atoms with van der Waals surface area (Å²) in [6, 6.07) is 0. The fourth-order valence-corrected chi connectivity index (χ4v) is 0.671. The maximum atomic E-state index is 8.96. The van der Waals surface area contributed by atoms with Crippen LogP contribution in [0.15, 0.2) is 0 Å². The van der Waals surface area contributed by atoms with Crippen LogP contribution in [0.5, 0.6) is 0 Å². The third-order valence-corrected chi connectivity index (χ3v) is 1.51. The van der Waals surface area contributed by atoms with Crippen LogP contribution in [0.25, 0.3) is 0 Å². The zero-order chi connectivity index (χ0) is 9.72. The molecule has 0 aromatic carbocycles. The number of hydrogen-bond acceptors (Lipinski definition) is 6. The van der Waals surface area contributed by atoms with Gasteiger partial charge in [-0.25, -0.2) is 0 Å². The molecule has 0 aliphatic rings. The van der Waals surface area contributed by atoms with Gasteiger partial charge in [-0.2, -0.15) is 0 Å². The predicted molar refractivity (Wildman–Crippen MR) is 38.2 cm³/mol. The largest absolute Gasteiger partial charge is 0.394 e. The van der Waals surface area contributed by atoms with Gasteiger partial charge in [-0.3, -0.25) is 0 Å². The Morgan fingerprint density at radius 2 is 0.923 bits per heavy atom. The van der Waals surface area contributed by atoms with Crippen molar-refractivity contribution in [1.82, 2.24) is 0 Å². The topological polar surface area (TPSA) is 121 Å². The van der Waals surface area contributed by atoms with Crippen LogP contribution in [0.1, 0.15) is 0 Å². The van der Waals surface area contributed by atoms with Crippen molar-refractivity contribution >= 4 is 0 Å². The molecular weight excluding hydrogens is 365 g/mol. The third kappa shape index (κ3) is 5.06. The maximum absolute atomic E-state index is 8.96. The zero-order valence-electron chi connectivity index (χ0n) is 6.71. The first-order chi connectivity index (χ1) is 5.54. The minimum absolute atomic E-state index is 0. The van der Waals surface area contributed by atoms with Gasteiger partial charge in [0.15, 0.2) is 0 Å². The zero-order valence-corrected chi connectivity index (χ0v) is 8.87. The van der Waals surface area contributed by atoms with E-state index < -0.39 is 37.6 Å². The van der Waals surface area contributed by atoms with Crippen LogP contribution in [0.3, 0.4) is 0 Å². The Labute approximate surface area is 91.0 Å². The monoisotopic (exact) mass is 379 g/mol. The normalized spacial score (nSPS) is 19.8. The average Bonchev–Trinajstić information content (AvgIpc) is 2.12. The molecule has 0 heterocycles. The van der Waals surface area contributed by atoms with Crippen molar-refractivity contribution in [2.45, 2.75) is 24.4 Å². The number of aliphatic hydroxyl groups excluding tert-OH is 6. The third-order valence-electron chi connectivity index (χ3n) is 1.51. The molecular formula is C6H14AuO6. The fraction of sp³-hybridized carbons (Fsp3) is 1.00. The van der Waals surface area contributed by atoms with Crippen molar-refractivity contribution in [1.29, 1.82) is 0 Å². The Hall–Kier alpha value is 0.500. The summed E-state index contributed by atoms with van der Waals surface area (Å²) in [5.41, 5.74) is 0. The summed E-state index contributed by atoms with van der Waals surface area (Å²) in [5, 5.41) is 52.2. The molecule has 0 bridgehead atoms. The minimum Gasteiger partial charge on any atom is -0.394 e.